The summed E-state index contributed by atoms with van der Waals surface area (Å²) in [6, 6.07) is -0.912. The van der Waals surface area contributed by atoms with E-state index in [0.717, 1.165) is 135 Å². The minimum absolute atomic E-state index is 0.0359. The molecule has 0 heterocycles. The van der Waals surface area contributed by atoms with Crippen LogP contribution in [0.15, 0.2) is 122 Å². The Morgan fingerprint density at radius 1 is 0.493 bits per heavy atom. The Bertz CT molecular complexity index is 1700. The molecule has 0 radical (unpaired) electrons. The fourth-order valence-electron chi connectivity index (χ4n) is 7.88. The normalized spacial score (nSPS) is 14.6. The molecule has 428 valence electrons. The number of phosphoric acid groups is 1. The second-order valence-corrected chi connectivity index (χ2v) is 22.2. The summed E-state index contributed by atoms with van der Waals surface area (Å²) in [5.41, 5.74) is 0. The van der Waals surface area contributed by atoms with E-state index in [1.165, 1.54) is 44.9 Å². The Balaban J connectivity index is 5.22. The van der Waals surface area contributed by atoms with Crippen molar-refractivity contribution in [2.45, 2.75) is 238 Å². The topological polar surface area (TPSA) is 114 Å². The molecule has 0 bridgehead atoms. The second-order valence-electron chi connectivity index (χ2n) is 20.8. The third-order valence-corrected chi connectivity index (χ3v) is 13.4. The number of phosphoric ester groups is 1. The van der Waals surface area contributed by atoms with Gasteiger partial charge < -0.3 is 28.5 Å². The number of nitrogens with one attached hydrogen (secondary N) is 1. The second kappa shape index (κ2) is 53.8. The lowest BCUT2D eigenvalue weighted by atomic mass is 10.1. The van der Waals surface area contributed by atoms with Gasteiger partial charge in [-0.2, -0.15) is 0 Å². The van der Waals surface area contributed by atoms with Gasteiger partial charge in [-0.3, -0.25) is 14.2 Å². The number of nitrogens with zero attached hydrogens (tertiary/aromatic N) is 1. The minimum atomic E-state index is -4.71. The van der Waals surface area contributed by atoms with Crippen molar-refractivity contribution < 1.29 is 37.3 Å². The van der Waals surface area contributed by atoms with Crippen molar-refractivity contribution >= 4 is 19.7 Å². The average molecular weight is 1060 g/mol. The standard InChI is InChI=1S/C65H111N2O7P/c1-7-10-13-16-19-22-25-27-28-29-30-31-32-33-34-35-36-37-38-40-42-45-48-51-54-57-64(68)66-62(61-73-75(70,71)72-60-59-67(4,5)6)63(56-53-50-47-44-41-24-21-18-15-12-9-3)74-65(69)58-55-52-49-46-43-39-26-23-20-17-14-11-8-2/h10-11,13-14,17,19-20,22-23,26-28,30-31,33-34,36-37,53,56,62-63H,7-9,12,15-16,18,21,24-25,29,32,35,38-52,54-55,57-61H2,1-6H3,(H-,66,68,70,71)/b13-10-,14-11+,20-17+,22-19-,26-23-,28-27-,31-30-,34-33-,37-36-,56-53-. The van der Waals surface area contributed by atoms with Gasteiger partial charge in [-0.25, -0.2) is 0 Å². The maximum Gasteiger partial charge on any atom is 0.306 e. The van der Waals surface area contributed by atoms with E-state index in [1.807, 2.05) is 39.4 Å². The molecule has 0 fully saturated rings. The summed E-state index contributed by atoms with van der Waals surface area (Å²) in [4.78, 5) is 39.9. The van der Waals surface area contributed by atoms with E-state index < -0.39 is 26.6 Å². The largest absolute Gasteiger partial charge is 0.756 e. The highest BCUT2D eigenvalue weighted by Gasteiger charge is 2.27. The maximum absolute atomic E-state index is 13.5. The van der Waals surface area contributed by atoms with Crippen LogP contribution in [0.5, 0.6) is 0 Å². The first-order valence-electron chi connectivity index (χ1n) is 29.9. The number of allylic oxidation sites excluding steroid dienone is 19. The molecule has 10 heteroatoms. The average Bonchev–Trinajstić information content (AvgIpc) is 3.37. The Hall–Kier alpha value is -3.59. The molecule has 0 aromatic rings. The monoisotopic (exact) mass is 1060 g/mol. The first-order valence-corrected chi connectivity index (χ1v) is 31.3. The SMILES string of the molecule is CC/C=C\C/C=C\C/C=C\C/C=C\C/C=C\C/C=C\CCCCCCCCC(=O)NC(COP(=O)([O-])OCC[N+](C)(C)C)C(/C=C\CCCCCCCCCCC)OC(=O)CCCCCCC\C=C/C=C/C=C/CC. The highest BCUT2D eigenvalue weighted by Crippen LogP contribution is 2.38. The molecule has 0 spiro atoms. The van der Waals surface area contributed by atoms with Gasteiger partial charge in [-0.05, 0) is 102 Å². The van der Waals surface area contributed by atoms with Crippen LogP contribution in [0.4, 0.5) is 0 Å². The molecule has 0 aliphatic heterocycles. The first-order chi connectivity index (χ1) is 36.4. The summed E-state index contributed by atoms with van der Waals surface area (Å²) in [7, 11) is 1.14. The zero-order chi connectivity index (χ0) is 55.0. The van der Waals surface area contributed by atoms with Crippen LogP contribution in [0, 0.1) is 0 Å². The van der Waals surface area contributed by atoms with E-state index in [1.54, 1.807) is 0 Å². The molecule has 0 saturated carbocycles. The van der Waals surface area contributed by atoms with Crippen LogP contribution in [0.1, 0.15) is 226 Å². The molecule has 9 nitrogen and oxygen atoms in total. The summed E-state index contributed by atoms with van der Waals surface area (Å²) in [5.74, 6) is -0.593. The lowest BCUT2D eigenvalue weighted by Gasteiger charge is -2.30. The summed E-state index contributed by atoms with van der Waals surface area (Å²) in [5, 5.41) is 3.01. The van der Waals surface area contributed by atoms with Gasteiger partial charge in [0.15, 0.2) is 0 Å². The molecule has 0 aliphatic rings. The molecular weight excluding hydrogens is 952 g/mol. The van der Waals surface area contributed by atoms with Crippen LogP contribution in [-0.4, -0.2) is 69.4 Å². The van der Waals surface area contributed by atoms with Crippen molar-refractivity contribution in [2.24, 2.45) is 0 Å². The van der Waals surface area contributed by atoms with Crippen LogP contribution in [-0.2, 0) is 27.9 Å². The zero-order valence-corrected chi connectivity index (χ0v) is 49.6. The van der Waals surface area contributed by atoms with E-state index in [-0.39, 0.29) is 31.3 Å². The van der Waals surface area contributed by atoms with Crippen molar-refractivity contribution in [3.05, 3.63) is 122 Å². The molecule has 0 aromatic carbocycles. The summed E-state index contributed by atoms with van der Waals surface area (Å²) in [6.45, 7) is 6.54. The molecule has 3 unspecified atom stereocenters. The fraction of sp³-hybridized carbons (Fsp3) is 0.662. The molecule has 3 atom stereocenters. The van der Waals surface area contributed by atoms with Gasteiger partial charge in [0.2, 0.25) is 5.91 Å². The van der Waals surface area contributed by atoms with E-state index in [9.17, 15) is 19.0 Å². The predicted octanol–water partition coefficient (Wildman–Crippen LogP) is 17.7. The van der Waals surface area contributed by atoms with Crippen LogP contribution in [0.3, 0.4) is 0 Å². The van der Waals surface area contributed by atoms with Crippen molar-refractivity contribution in [1.29, 1.82) is 0 Å². The van der Waals surface area contributed by atoms with E-state index >= 15 is 0 Å². The van der Waals surface area contributed by atoms with Crippen molar-refractivity contribution in [3.63, 3.8) is 0 Å². The summed E-state index contributed by atoms with van der Waals surface area (Å²) < 4.78 is 30.2. The van der Waals surface area contributed by atoms with Crippen molar-refractivity contribution in [3.8, 4) is 0 Å². The van der Waals surface area contributed by atoms with Gasteiger partial charge in [0, 0.05) is 12.8 Å². The zero-order valence-electron chi connectivity index (χ0n) is 48.7. The van der Waals surface area contributed by atoms with Crippen molar-refractivity contribution in [1.82, 2.24) is 5.32 Å². The quantitative estimate of drug-likeness (QED) is 0.0161. The predicted molar refractivity (Wildman–Crippen MR) is 320 cm³/mol. The van der Waals surface area contributed by atoms with Gasteiger partial charge in [-0.1, -0.05) is 233 Å². The lowest BCUT2D eigenvalue weighted by molar-refractivity contribution is -0.870. The number of unbranched alkanes of at least 4 members (excludes halogenated alkanes) is 20. The number of rotatable bonds is 52. The molecule has 0 aromatic heterocycles. The lowest BCUT2D eigenvalue weighted by Crippen LogP contribution is -2.47. The summed E-state index contributed by atoms with van der Waals surface area (Å²) >= 11 is 0. The summed E-state index contributed by atoms with van der Waals surface area (Å²) in [6.07, 6.45) is 74.6. The molecule has 0 aliphatic carbocycles. The first kappa shape index (κ1) is 71.4. The Kier molecular flexibility index (Phi) is 51.2. The number of hydrogen-bond acceptors (Lipinski definition) is 7. The van der Waals surface area contributed by atoms with Crippen LogP contribution in [0.25, 0.3) is 0 Å². The third kappa shape index (κ3) is 55.0. The van der Waals surface area contributed by atoms with Gasteiger partial charge in [0.1, 0.15) is 19.3 Å². The Morgan fingerprint density at radius 3 is 1.43 bits per heavy atom. The highest BCUT2D eigenvalue weighted by molar-refractivity contribution is 7.45. The molecule has 0 saturated heterocycles. The van der Waals surface area contributed by atoms with E-state index in [4.69, 9.17) is 13.8 Å². The number of carbonyl (C=O) groups is 2. The maximum atomic E-state index is 13.5. The number of carbonyl (C=O) groups excluding carboxylic acids is 2. The minimum Gasteiger partial charge on any atom is -0.756 e. The number of hydrogen-bond donors (Lipinski definition) is 1. The van der Waals surface area contributed by atoms with E-state index in [2.05, 4.69) is 129 Å². The van der Waals surface area contributed by atoms with Crippen LogP contribution >= 0.6 is 7.82 Å². The molecular formula is C65H111N2O7P. The smallest absolute Gasteiger partial charge is 0.306 e. The molecule has 0 rings (SSSR count). The Labute approximate surface area is 461 Å². The van der Waals surface area contributed by atoms with Crippen molar-refractivity contribution in [2.75, 3.05) is 40.9 Å². The number of amides is 1. The Morgan fingerprint density at radius 2 is 0.920 bits per heavy atom. The van der Waals surface area contributed by atoms with Crippen LogP contribution < -0.4 is 10.2 Å². The van der Waals surface area contributed by atoms with Gasteiger partial charge in [0.25, 0.3) is 7.82 Å². The third-order valence-electron chi connectivity index (χ3n) is 12.4. The van der Waals surface area contributed by atoms with Crippen LogP contribution in [0.2, 0.25) is 0 Å². The number of esters is 1. The molecule has 75 heavy (non-hydrogen) atoms. The van der Waals surface area contributed by atoms with Gasteiger partial charge in [0.05, 0.1) is 33.8 Å². The molecule has 1 amide bonds. The number of quaternary nitrogens is 1. The van der Waals surface area contributed by atoms with E-state index in [0.29, 0.717) is 23.9 Å². The molecule has 1 N–H and O–H groups in total. The number of ether oxygens (including phenoxy) is 1. The van der Waals surface area contributed by atoms with Gasteiger partial charge in [-0.15, -0.1) is 0 Å². The fourth-order valence-corrected chi connectivity index (χ4v) is 8.60. The highest BCUT2D eigenvalue weighted by atomic mass is 31.2. The van der Waals surface area contributed by atoms with Gasteiger partial charge >= 0.3 is 5.97 Å². The number of likely N-dealkylation sites (N-methyl/N-ethyl adjacent to an activating group) is 1.